The molecule has 1 unspecified atom stereocenters. The monoisotopic (exact) mass is 267 g/mol. The molecule has 1 N–H and O–H groups in total. The molecule has 0 aliphatic carbocycles. The predicted octanol–water partition coefficient (Wildman–Crippen LogP) is 3.65. The van der Waals surface area contributed by atoms with E-state index in [1.165, 1.54) is 23.1 Å². The molecule has 2 aromatic rings. The van der Waals surface area contributed by atoms with E-state index in [1.54, 1.807) is 0 Å². The molecule has 1 aliphatic rings. The van der Waals surface area contributed by atoms with E-state index < -0.39 is 0 Å². The fourth-order valence-electron chi connectivity index (χ4n) is 2.76. The van der Waals surface area contributed by atoms with E-state index in [2.05, 4.69) is 42.6 Å². The van der Waals surface area contributed by atoms with Gasteiger partial charge in [-0.05, 0) is 48.6 Å². The highest BCUT2D eigenvalue weighted by Gasteiger charge is 2.17. The highest BCUT2D eigenvalue weighted by molar-refractivity contribution is 5.38. The van der Waals surface area contributed by atoms with E-state index in [-0.39, 0.29) is 0 Å². The Morgan fingerprint density at radius 3 is 2.70 bits per heavy atom. The van der Waals surface area contributed by atoms with Crippen molar-refractivity contribution in [2.75, 3.05) is 13.1 Å². The Hall–Kier alpha value is -1.80. The Labute approximate surface area is 120 Å². The smallest absolute Gasteiger partial charge is 0.122 e. The summed E-state index contributed by atoms with van der Waals surface area (Å²) in [5, 5.41) is 3.42. The summed E-state index contributed by atoms with van der Waals surface area (Å²) < 4.78 is 5.92. The van der Waals surface area contributed by atoms with Crippen LogP contribution in [0.5, 0.6) is 5.75 Å². The van der Waals surface area contributed by atoms with Crippen molar-refractivity contribution in [1.29, 1.82) is 0 Å². The lowest BCUT2D eigenvalue weighted by atomic mass is 9.96. The Morgan fingerprint density at radius 1 is 1.15 bits per heavy atom. The number of benzene rings is 2. The van der Waals surface area contributed by atoms with E-state index in [9.17, 15) is 0 Å². The Morgan fingerprint density at radius 2 is 2.00 bits per heavy atom. The van der Waals surface area contributed by atoms with Crippen molar-refractivity contribution >= 4 is 0 Å². The molecule has 2 nitrogen and oxygen atoms in total. The first-order chi connectivity index (χ1) is 9.83. The van der Waals surface area contributed by atoms with Gasteiger partial charge in [0.05, 0.1) is 0 Å². The Kier molecular flexibility index (Phi) is 4.03. The van der Waals surface area contributed by atoms with Crippen LogP contribution in [0.3, 0.4) is 0 Å². The Balaban J connectivity index is 1.68. The molecular formula is C18H21NO. The van der Waals surface area contributed by atoms with Crippen molar-refractivity contribution in [3.63, 3.8) is 0 Å². The maximum Gasteiger partial charge on any atom is 0.122 e. The second kappa shape index (κ2) is 6.10. The highest BCUT2D eigenvalue weighted by Crippen LogP contribution is 2.27. The summed E-state index contributed by atoms with van der Waals surface area (Å²) in [6.07, 6.45) is 1.24. The number of ether oxygens (including phenoxy) is 1. The van der Waals surface area contributed by atoms with E-state index in [0.29, 0.717) is 12.5 Å². The third-order valence-corrected chi connectivity index (χ3v) is 3.97. The minimum Gasteiger partial charge on any atom is -0.489 e. The minimum absolute atomic E-state index is 0.631. The van der Waals surface area contributed by atoms with Crippen LogP contribution < -0.4 is 10.1 Å². The highest BCUT2D eigenvalue weighted by atomic mass is 16.5. The van der Waals surface area contributed by atoms with Crippen molar-refractivity contribution in [2.45, 2.75) is 25.9 Å². The average Bonchev–Trinajstić information content (AvgIpc) is 3.01. The summed E-state index contributed by atoms with van der Waals surface area (Å²) in [6, 6.07) is 16.9. The van der Waals surface area contributed by atoms with E-state index in [1.807, 2.05) is 18.2 Å². The van der Waals surface area contributed by atoms with Gasteiger partial charge in [0, 0.05) is 6.54 Å². The van der Waals surface area contributed by atoms with Gasteiger partial charge in [0.2, 0.25) is 0 Å². The lowest BCUT2D eigenvalue weighted by Gasteiger charge is -2.13. The van der Waals surface area contributed by atoms with Gasteiger partial charge in [0.1, 0.15) is 12.4 Å². The van der Waals surface area contributed by atoms with Gasteiger partial charge < -0.3 is 10.1 Å². The average molecular weight is 267 g/mol. The van der Waals surface area contributed by atoms with Gasteiger partial charge in [0.25, 0.3) is 0 Å². The number of hydrogen-bond donors (Lipinski definition) is 1. The van der Waals surface area contributed by atoms with Crippen LogP contribution in [0.4, 0.5) is 0 Å². The molecule has 104 valence electrons. The SMILES string of the molecule is Cc1cc(C2CCNC2)ccc1OCc1ccccc1. The molecule has 1 aliphatic heterocycles. The molecule has 0 radical (unpaired) electrons. The maximum atomic E-state index is 5.92. The van der Waals surface area contributed by atoms with Gasteiger partial charge >= 0.3 is 0 Å². The van der Waals surface area contributed by atoms with Crippen LogP contribution in [-0.2, 0) is 6.61 Å². The summed E-state index contributed by atoms with van der Waals surface area (Å²) in [5.74, 6) is 1.65. The summed E-state index contributed by atoms with van der Waals surface area (Å²) in [7, 11) is 0. The molecule has 1 atom stereocenters. The standard InChI is InChI=1S/C18H21NO/c1-14-11-16(17-9-10-19-12-17)7-8-18(14)20-13-15-5-3-2-4-6-15/h2-8,11,17,19H,9-10,12-13H2,1H3. The van der Waals surface area contributed by atoms with Crippen molar-refractivity contribution < 1.29 is 4.74 Å². The molecule has 0 amide bonds. The van der Waals surface area contributed by atoms with E-state index in [4.69, 9.17) is 4.74 Å². The first kappa shape index (κ1) is 13.2. The Bertz CT molecular complexity index is 559. The largest absolute Gasteiger partial charge is 0.489 e. The summed E-state index contributed by atoms with van der Waals surface area (Å²) in [4.78, 5) is 0. The third kappa shape index (κ3) is 3.02. The topological polar surface area (TPSA) is 21.3 Å². The molecule has 20 heavy (non-hydrogen) atoms. The number of hydrogen-bond acceptors (Lipinski definition) is 2. The first-order valence-electron chi connectivity index (χ1n) is 7.31. The summed E-state index contributed by atoms with van der Waals surface area (Å²) >= 11 is 0. The van der Waals surface area contributed by atoms with Crippen LogP contribution in [0, 0.1) is 6.92 Å². The van der Waals surface area contributed by atoms with E-state index >= 15 is 0 Å². The van der Waals surface area contributed by atoms with Crippen LogP contribution in [0.25, 0.3) is 0 Å². The quantitative estimate of drug-likeness (QED) is 0.913. The second-order valence-electron chi connectivity index (χ2n) is 5.49. The van der Waals surface area contributed by atoms with Gasteiger partial charge in [-0.1, -0.05) is 42.5 Å². The molecule has 0 aromatic heterocycles. The van der Waals surface area contributed by atoms with E-state index in [0.717, 1.165) is 18.8 Å². The van der Waals surface area contributed by atoms with Gasteiger partial charge in [0.15, 0.2) is 0 Å². The van der Waals surface area contributed by atoms with Crippen LogP contribution in [0.15, 0.2) is 48.5 Å². The first-order valence-corrected chi connectivity index (χ1v) is 7.31. The molecular weight excluding hydrogens is 246 g/mol. The molecule has 1 heterocycles. The minimum atomic E-state index is 0.631. The van der Waals surface area contributed by atoms with Crippen LogP contribution in [0.1, 0.15) is 29.0 Å². The zero-order valence-corrected chi connectivity index (χ0v) is 11.9. The lowest BCUT2D eigenvalue weighted by Crippen LogP contribution is -2.08. The molecule has 0 spiro atoms. The van der Waals surface area contributed by atoms with Gasteiger partial charge in [-0.3, -0.25) is 0 Å². The van der Waals surface area contributed by atoms with Crippen LogP contribution in [0.2, 0.25) is 0 Å². The zero-order valence-electron chi connectivity index (χ0n) is 11.9. The van der Waals surface area contributed by atoms with Crippen LogP contribution >= 0.6 is 0 Å². The lowest BCUT2D eigenvalue weighted by molar-refractivity contribution is 0.304. The maximum absolute atomic E-state index is 5.92. The molecule has 1 fully saturated rings. The molecule has 0 saturated carbocycles. The molecule has 1 saturated heterocycles. The summed E-state index contributed by atoms with van der Waals surface area (Å²) in [6.45, 7) is 5.00. The van der Waals surface area contributed by atoms with Crippen molar-refractivity contribution in [2.24, 2.45) is 0 Å². The van der Waals surface area contributed by atoms with Crippen LogP contribution in [-0.4, -0.2) is 13.1 Å². The predicted molar refractivity (Wildman–Crippen MR) is 82.2 cm³/mol. The number of rotatable bonds is 4. The fraction of sp³-hybridized carbons (Fsp3) is 0.333. The van der Waals surface area contributed by atoms with Gasteiger partial charge in [-0.2, -0.15) is 0 Å². The number of aryl methyl sites for hydroxylation is 1. The zero-order chi connectivity index (χ0) is 13.8. The second-order valence-corrected chi connectivity index (χ2v) is 5.49. The number of nitrogens with one attached hydrogen (secondary N) is 1. The summed E-state index contributed by atoms with van der Waals surface area (Å²) in [5.41, 5.74) is 3.86. The molecule has 0 bridgehead atoms. The molecule has 2 heteroatoms. The molecule has 3 rings (SSSR count). The van der Waals surface area contributed by atoms with Gasteiger partial charge in [-0.15, -0.1) is 0 Å². The normalized spacial score (nSPS) is 18.1. The fourth-order valence-corrected chi connectivity index (χ4v) is 2.76. The molecule has 2 aromatic carbocycles. The third-order valence-electron chi connectivity index (χ3n) is 3.97. The van der Waals surface area contributed by atoms with Crippen molar-refractivity contribution in [1.82, 2.24) is 5.32 Å². The van der Waals surface area contributed by atoms with Crippen molar-refractivity contribution in [3.05, 3.63) is 65.2 Å². The van der Waals surface area contributed by atoms with Gasteiger partial charge in [-0.25, -0.2) is 0 Å². The van der Waals surface area contributed by atoms with Crippen molar-refractivity contribution in [3.8, 4) is 5.75 Å².